The van der Waals surface area contributed by atoms with Crippen molar-refractivity contribution in [2.24, 2.45) is 0 Å². The van der Waals surface area contributed by atoms with Crippen molar-refractivity contribution in [3.8, 4) is 0 Å². The van der Waals surface area contributed by atoms with Crippen LogP contribution in [0, 0.1) is 0 Å². The van der Waals surface area contributed by atoms with E-state index in [1.54, 1.807) is 0 Å². The van der Waals surface area contributed by atoms with Gasteiger partial charge in [0.05, 0.1) is 12.1 Å². The van der Waals surface area contributed by atoms with Gasteiger partial charge in [0.2, 0.25) is 5.91 Å². The van der Waals surface area contributed by atoms with E-state index in [0.717, 1.165) is 42.9 Å². The molecule has 2 amide bonds. The molecule has 0 radical (unpaired) electrons. The number of halogens is 3. The number of carbonyl (C=O) groups is 2. The zero-order valence-corrected chi connectivity index (χ0v) is 14.3. The number of nitrogens with one attached hydrogen (secondary N) is 3. The van der Waals surface area contributed by atoms with E-state index in [9.17, 15) is 22.8 Å². The van der Waals surface area contributed by atoms with Gasteiger partial charge in [-0.05, 0) is 41.0 Å². The number of carbonyl (C=O) groups excluding carboxylic acids is 2. The third-order valence-corrected chi connectivity index (χ3v) is 4.28. The first kappa shape index (κ1) is 18.9. The second kappa shape index (κ2) is 7.79. The Kier molecular flexibility index (Phi) is 5.46. The molecule has 3 N–H and O–H groups in total. The number of hydrogen-bond acceptors (Lipinski definition) is 3. The molecule has 3 rings (SSSR count). The molecule has 0 spiro atoms. The largest absolute Gasteiger partial charge is 0.416 e. The number of fused-ring (bicyclic) bond motifs is 1. The second-order valence-electron chi connectivity index (χ2n) is 6.24. The molecular formula is C19H18F3N3O2. The summed E-state index contributed by atoms with van der Waals surface area (Å²) < 4.78 is 37.5. The topological polar surface area (TPSA) is 70.2 Å². The first-order chi connectivity index (χ1) is 12.8. The number of rotatable bonds is 5. The zero-order valence-electron chi connectivity index (χ0n) is 14.3. The van der Waals surface area contributed by atoms with Crippen molar-refractivity contribution in [1.29, 1.82) is 0 Å². The van der Waals surface area contributed by atoms with Crippen molar-refractivity contribution in [2.45, 2.75) is 25.8 Å². The van der Waals surface area contributed by atoms with Crippen molar-refractivity contribution in [3.05, 3.63) is 70.3 Å². The Morgan fingerprint density at radius 1 is 0.963 bits per heavy atom. The maximum absolute atomic E-state index is 12.5. The Balaban J connectivity index is 1.46. The van der Waals surface area contributed by atoms with Crippen LogP contribution < -0.4 is 16.0 Å². The SMILES string of the molecule is O=C(CNC(=O)c1ccc(C(F)(F)F)cc1)NCc1ccc2c(c1)CNC2. The van der Waals surface area contributed by atoms with Gasteiger partial charge in [0.25, 0.3) is 5.91 Å². The van der Waals surface area contributed by atoms with Gasteiger partial charge in [0, 0.05) is 25.2 Å². The fraction of sp³-hybridized carbons (Fsp3) is 0.263. The van der Waals surface area contributed by atoms with Crippen molar-refractivity contribution in [3.63, 3.8) is 0 Å². The summed E-state index contributed by atoms with van der Waals surface area (Å²) >= 11 is 0. The van der Waals surface area contributed by atoms with Gasteiger partial charge >= 0.3 is 6.18 Å². The summed E-state index contributed by atoms with van der Waals surface area (Å²) in [6.45, 7) is 1.73. The van der Waals surface area contributed by atoms with Gasteiger partial charge in [0.15, 0.2) is 0 Å². The van der Waals surface area contributed by atoms with E-state index in [1.807, 2.05) is 18.2 Å². The molecule has 5 nitrogen and oxygen atoms in total. The third kappa shape index (κ3) is 4.85. The van der Waals surface area contributed by atoms with Crippen molar-refractivity contribution in [1.82, 2.24) is 16.0 Å². The molecule has 27 heavy (non-hydrogen) atoms. The van der Waals surface area contributed by atoms with Crippen LogP contribution >= 0.6 is 0 Å². The van der Waals surface area contributed by atoms with Gasteiger partial charge in [0.1, 0.15) is 0 Å². The lowest BCUT2D eigenvalue weighted by Crippen LogP contribution is -2.36. The fourth-order valence-electron chi connectivity index (χ4n) is 2.79. The molecule has 1 aliphatic heterocycles. The zero-order chi connectivity index (χ0) is 19.4. The molecule has 0 aliphatic carbocycles. The minimum atomic E-state index is -4.46. The van der Waals surface area contributed by atoms with Crippen molar-refractivity contribution < 1.29 is 22.8 Å². The summed E-state index contributed by atoms with van der Waals surface area (Å²) in [5, 5.41) is 8.34. The predicted octanol–water partition coefficient (Wildman–Crippen LogP) is 2.35. The molecule has 0 saturated carbocycles. The molecule has 2 aromatic rings. The summed E-state index contributed by atoms with van der Waals surface area (Å²) in [7, 11) is 0. The Morgan fingerprint density at radius 3 is 2.37 bits per heavy atom. The van der Waals surface area contributed by atoms with Gasteiger partial charge in [-0.25, -0.2) is 0 Å². The first-order valence-corrected chi connectivity index (χ1v) is 8.36. The van der Waals surface area contributed by atoms with Crippen LogP contribution in [0.25, 0.3) is 0 Å². The van der Waals surface area contributed by atoms with Crippen LogP contribution in [-0.2, 0) is 30.6 Å². The number of benzene rings is 2. The van der Waals surface area contributed by atoms with Crippen LogP contribution in [0.2, 0.25) is 0 Å². The highest BCUT2D eigenvalue weighted by Gasteiger charge is 2.30. The average molecular weight is 377 g/mol. The quantitative estimate of drug-likeness (QED) is 0.749. The fourth-order valence-corrected chi connectivity index (χ4v) is 2.79. The number of alkyl halides is 3. The Hall–Kier alpha value is -2.87. The van der Waals surface area contributed by atoms with Crippen LogP contribution in [0.5, 0.6) is 0 Å². The van der Waals surface area contributed by atoms with E-state index in [2.05, 4.69) is 16.0 Å². The Morgan fingerprint density at radius 2 is 1.67 bits per heavy atom. The highest BCUT2D eigenvalue weighted by atomic mass is 19.4. The van der Waals surface area contributed by atoms with Gasteiger partial charge in [-0.1, -0.05) is 18.2 Å². The molecule has 0 atom stereocenters. The average Bonchev–Trinajstić information content (AvgIpc) is 3.11. The maximum Gasteiger partial charge on any atom is 0.416 e. The molecule has 0 aromatic heterocycles. The minimum Gasteiger partial charge on any atom is -0.350 e. The van der Waals surface area contributed by atoms with Crippen LogP contribution in [0.3, 0.4) is 0 Å². The van der Waals surface area contributed by atoms with Crippen LogP contribution in [-0.4, -0.2) is 18.4 Å². The molecule has 0 fully saturated rings. The van der Waals surface area contributed by atoms with E-state index in [4.69, 9.17) is 0 Å². The highest BCUT2D eigenvalue weighted by molar-refractivity contribution is 5.96. The first-order valence-electron chi connectivity index (χ1n) is 8.36. The van der Waals surface area contributed by atoms with Gasteiger partial charge in [-0.15, -0.1) is 0 Å². The molecule has 2 aromatic carbocycles. The van der Waals surface area contributed by atoms with Gasteiger partial charge in [-0.2, -0.15) is 13.2 Å². The van der Waals surface area contributed by atoms with Crippen LogP contribution in [0.1, 0.15) is 32.6 Å². The Labute approximate surface area is 154 Å². The van der Waals surface area contributed by atoms with Crippen molar-refractivity contribution in [2.75, 3.05) is 6.54 Å². The Bertz CT molecular complexity index is 848. The second-order valence-corrected chi connectivity index (χ2v) is 6.24. The van der Waals surface area contributed by atoms with E-state index < -0.39 is 17.6 Å². The normalized spacial score (nSPS) is 13.1. The van der Waals surface area contributed by atoms with E-state index in [1.165, 1.54) is 11.1 Å². The van der Waals surface area contributed by atoms with Crippen molar-refractivity contribution >= 4 is 11.8 Å². The number of hydrogen-bond donors (Lipinski definition) is 3. The van der Waals surface area contributed by atoms with E-state index in [-0.39, 0.29) is 18.0 Å². The summed E-state index contributed by atoms with van der Waals surface area (Å²) in [5.74, 6) is -0.989. The van der Waals surface area contributed by atoms with Crippen LogP contribution in [0.15, 0.2) is 42.5 Å². The summed E-state index contributed by atoms with van der Waals surface area (Å²) in [6, 6.07) is 9.80. The summed E-state index contributed by atoms with van der Waals surface area (Å²) in [6.07, 6.45) is -4.46. The smallest absolute Gasteiger partial charge is 0.350 e. The molecule has 142 valence electrons. The minimum absolute atomic E-state index is 0.0573. The standard InChI is InChI=1S/C19H18F3N3O2/c20-19(21,22)16-5-3-13(4-6-16)18(27)25-11-17(26)24-8-12-1-2-14-9-23-10-15(14)7-12/h1-7,23H,8-11H2,(H,24,26)(H,25,27). The lowest BCUT2D eigenvalue weighted by Gasteiger charge is -2.09. The molecule has 0 unspecified atom stereocenters. The lowest BCUT2D eigenvalue weighted by atomic mass is 10.1. The van der Waals surface area contributed by atoms with Gasteiger partial charge in [-0.3, -0.25) is 9.59 Å². The number of amides is 2. The molecule has 0 bridgehead atoms. The maximum atomic E-state index is 12.5. The molecule has 0 saturated heterocycles. The van der Waals surface area contributed by atoms with Crippen LogP contribution in [0.4, 0.5) is 13.2 Å². The molecular weight excluding hydrogens is 359 g/mol. The van der Waals surface area contributed by atoms with Gasteiger partial charge < -0.3 is 16.0 Å². The van der Waals surface area contributed by atoms with E-state index in [0.29, 0.717) is 6.54 Å². The lowest BCUT2D eigenvalue weighted by molar-refractivity contribution is -0.137. The molecule has 8 heteroatoms. The summed E-state index contributed by atoms with van der Waals surface area (Å²) in [4.78, 5) is 23.8. The summed E-state index contributed by atoms with van der Waals surface area (Å²) in [5.41, 5.74) is 2.63. The monoisotopic (exact) mass is 377 g/mol. The molecule has 1 aliphatic rings. The third-order valence-electron chi connectivity index (χ3n) is 4.28. The highest BCUT2D eigenvalue weighted by Crippen LogP contribution is 2.29. The molecule has 1 heterocycles. The van der Waals surface area contributed by atoms with E-state index >= 15 is 0 Å². The predicted molar refractivity (Wildman–Crippen MR) is 92.6 cm³/mol.